The van der Waals surface area contributed by atoms with E-state index in [2.05, 4.69) is 11.9 Å². The topological polar surface area (TPSA) is 20.3 Å². The van der Waals surface area contributed by atoms with Crippen LogP contribution in [0.4, 0.5) is 0 Å². The van der Waals surface area contributed by atoms with Crippen LogP contribution in [0.5, 0.6) is 0 Å². The first-order valence-electron chi connectivity index (χ1n) is 5.49. The highest BCUT2D eigenvalue weighted by Gasteiger charge is 2.48. The van der Waals surface area contributed by atoms with E-state index in [1.807, 2.05) is 0 Å². The molecule has 0 amide bonds. The molecule has 13 heavy (non-hydrogen) atoms. The summed E-state index contributed by atoms with van der Waals surface area (Å²) in [6, 6.07) is 1.20. The third kappa shape index (κ3) is 1.01. The average Bonchev–Trinajstić information content (AvgIpc) is 2.52. The maximum absolute atomic E-state index is 11.5. The maximum atomic E-state index is 11.5. The van der Waals surface area contributed by atoms with Gasteiger partial charge in [-0.15, -0.1) is 0 Å². The van der Waals surface area contributed by atoms with Gasteiger partial charge in [0.1, 0.15) is 5.78 Å². The van der Waals surface area contributed by atoms with E-state index < -0.39 is 0 Å². The van der Waals surface area contributed by atoms with Crippen LogP contribution in [0.2, 0.25) is 0 Å². The van der Waals surface area contributed by atoms with Gasteiger partial charge < -0.3 is 0 Å². The molecule has 3 fully saturated rings. The summed E-state index contributed by atoms with van der Waals surface area (Å²) in [7, 11) is 2.23. The largest absolute Gasteiger partial charge is 0.300 e. The van der Waals surface area contributed by atoms with Gasteiger partial charge in [0, 0.05) is 24.9 Å². The number of hydrogen-bond acceptors (Lipinski definition) is 2. The van der Waals surface area contributed by atoms with Crippen molar-refractivity contribution < 1.29 is 4.79 Å². The van der Waals surface area contributed by atoms with Crippen LogP contribution in [0.3, 0.4) is 0 Å². The number of nitrogens with zero attached hydrogens (tertiary/aromatic N) is 1. The zero-order valence-corrected chi connectivity index (χ0v) is 8.20. The monoisotopic (exact) mass is 179 g/mol. The molecule has 0 radical (unpaired) electrons. The molecule has 2 heteroatoms. The van der Waals surface area contributed by atoms with Crippen LogP contribution in [0.15, 0.2) is 0 Å². The highest BCUT2D eigenvalue weighted by Crippen LogP contribution is 2.47. The molecule has 2 nitrogen and oxygen atoms in total. The Kier molecular flexibility index (Phi) is 1.58. The summed E-state index contributed by atoms with van der Waals surface area (Å²) < 4.78 is 0. The fraction of sp³-hybridized carbons (Fsp3) is 0.909. The summed E-state index contributed by atoms with van der Waals surface area (Å²) >= 11 is 0. The second kappa shape index (κ2) is 2.57. The van der Waals surface area contributed by atoms with E-state index in [0.717, 1.165) is 24.7 Å². The fourth-order valence-electron chi connectivity index (χ4n) is 3.83. The molecule has 2 saturated heterocycles. The molecule has 2 heterocycles. The number of ketones is 1. The van der Waals surface area contributed by atoms with Crippen LogP contribution < -0.4 is 0 Å². The first-order valence-corrected chi connectivity index (χ1v) is 5.49. The Labute approximate surface area is 79.3 Å². The first kappa shape index (κ1) is 7.98. The number of rotatable bonds is 0. The number of Topliss-reactive ketones (excluding diaryl/α,β-unsaturated/α-hetero) is 1. The third-order valence-electron chi connectivity index (χ3n) is 4.52. The van der Waals surface area contributed by atoms with Crippen molar-refractivity contribution in [3.63, 3.8) is 0 Å². The van der Waals surface area contributed by atoms with E-state index in [4.69, 9.17) is 0 Å². The summed E-state index contributed by atoms with van der Waals surface area (Å²) in [5, 5.41) is 0. The molecule has 2 aliphatic heterocycles. The number of fused-ring (bicyclic) bond motifs is 6. The summed E-state index contributed by atoms with van der Waals surface area (Å²) in [4.78, 5) is 14.0. The number of carbonyl (C=O) groups excluding carboxylic acids is 1. The second-order valence-corrected chi connectivity index (χ2v) is 5.08. The zero-order chi connectivity index (χ0) is 9.00. The quantitative estimate of drug-likeness (QED) is 0.561. The first-order chi connectivity index (χ1) is 6.25. The lowest BCUT2D eigenvalue weighted by molar-refractivity contribution is -0.128. The van der Waals surface area contributed by atoms with E-state index >= 15 is 0 Å². The van der Waals surface area contributed by atoms with Crippen LogP contribution in [0, 0.1) is 11.8 Å². The highest BCUT2D eigenvalue weighted by molar-refractivity contribution is 5.80. The van der Waals surface area contributed by atoms with Gasteiger partial charge in [0.2, 0.25) is 0 Å². The van der Waals surface area contributed by atoms with Gasteiger partial charge in [-0.1, -0.05) is 0 Å². The molecule has 0 aromatic rings. The smallest absolute Gasteiger partial charge is 0.136 e. The normalized spacial score (nSPS) is 49.8. The van der Waals surface area contributed by atoms with Crippen LogP contribution in [-0.2, 0) is 4.79 Å². The SMILES string of the molecule is CN1C2CC(=O)CC1C1CCC2C1. The summed E-state index contributed by atoms with van der Waals surface area (Å²) in [5.74, 6) is 2.20. The lowest BCUT2D eigenvalue weighted by Crippen LogP contribution is -2.55. The molecule has 0 N–H and O–H groups in total. The number of piperidine rings is 2. The van der Waals surface area contributed by atoms with Crippen molar-refractivity contribution >= 4 is 5.78 Å². The molecule has 0 aromatic heterocycles. The molecule has 4 unspecified atom stereocenters. The van der Waals surface area contributed by atoms with E-state index in [1.165, 1.54) is 19.3 Å². The molecule has 72 valence electrons. The van der Waals surface area contributed by atoms with Gasteiger partial charge in [-0.3, -0.25) is 9.69 Å². The fourth-order valence-corrected chi connectivity index (χ4v) is 3.83. The zero-order valence-electron chi connectivity index (χ0n) is 8.20. The lowest BCUT2D eigenvalue weighted by Gasteiger charge is -2.47. The van der Waals surface area contributed by atoms with Crippen molar-refractivity contribution in [1.82, 2.24) is 4.90 Å². The van der Waals surface area contributed by atoms with Crippen molar-refractivity contribution in [3.8, 4) is 0 Å². The Morgan fingerprint density at radius 1 is 1.15 bits per heavy atom. The summed E-state index contributed by atoms with van der Waals surface area (Å²) in [6.07, 6.45) is 5.84. The second-order valence-electron chi connectivity index (χ2n) is 5.08. The molecule has 4 bridgehead atoms. The lowest BCUT2D eigenvalue weighted by atomic mass is 9.77. The number of hydrogen-bond donors (Lipinski definition) is 0. The van der Waals surface area contributed by atoms with E-state index in [-0.39, 0.29) is 0 Å². The van der Waals surface area contributed by atoms with Crippen molar-refractivity contribution in [2.24, 2.45) is 11.8 Å². The van der Waals surface area contributed by atoms with E-state index in [9.17, 15) is 4.79 Å². The standard InChI is InChI=1S/C11H17NO/c1-12-10-5-9(13)6-11(12)8-3-2-7(10)4-8/h7-8,10-11H,2-6H2,1H3. The molecule has 0 aromatic carbocycles. The minimum Gasteiger partial charge on any atom is -0.300 e. The van der Waals surface area contributed by atoms with Gasteiger partial charge in [-0.05, 0) is 38.1 Å². The van der Waals surface area contributed by atoms with Crippen LogP contribution >= 0.6 is 0 Å². The van der Waals surface area contributed by atoms with Gasteiger partial charge in [-0.25, -0.2) is 0 Å². The van der Waals surface area contributed by atoms with Crippen molar-refractivity contribution in [2.75, 3.05) is 7.05 Å². The summed E-state index contributed by atoms with van der Waals surface area (Å²) in [5.41, 5.74) is 0. The molecule has 3 rings (SSSR count). The Balaban J connectivity index is 1.95. The van der Waals surface area contributed by atoms with Gasteiger partial charge in [0.15, 0.2) is 0 Å². The molecule has 3 aliphatic rings. The molecule has 1 saturated carbocycles. The molecule has 4 atom stereocenters. The third-order valence-corrected chi connectivity index (χ3v) is 4.52. The predicted octanol–water partition coefficient (Wildman–Crippen LogP) is 1.45. The minimum atomic E-state index is 0.518. The van der Waals surface area contributed by atoms with Crippen molar-refractivity contribution in [3.05, 3.63) is 0 Å². The Hall–Kier alpha value is -0.370. The van der Waals surface area contributed by atoms with E-state index in [1.54, 1.807) is 0 Å². The predicted molar refractivity (Wildman–Crippen MR) is 50.4 cm³/mol. The Bertz CT molecular complexity index is 228. The van der Waals surface area contributed by atoms with Gasteiger partial charge in [0.25, 0.3) is 0 Å². The van der Waals surface area contributed by atoms with Crippen LogP contribution in [-0.4, -0.2) is 29.8 Å². The van der Waals surface area contributed by atoms with Gasteiger partial charge in [-0.2, -0.15) is 0 Å². The summed E-state index contributed by atoms with van der Waals surface area (Å²) in [6.45, 7) is 0. The molecule has 0 spiro atoms. The maximum Gasteiger partial charge on any atom is 0.136 e. The van der Waals surface area contributed by atoms with Gasteiger partial charge >= 0.3 is 0 Å². The van der Waals surface area contributed by atoms with Crippen molar-refractivity contribution in [1.29, 1.82) is 0 Å². The highest BCUT2D eigenvalue weighted by atomic mass is 16.1. The molecule has 1 aliphatic carbocycles. The molecular weight excluding hydrogens is 162 g/mol. The van der Waals surface area contributed by atoms with Crippen molar-refractivity contribution in [2.45, 2.75) is 44.2 Å². The minimum absolute atomic E-state index is 0.518. The Morgan fingerprint density at radius 3 is 2.23 bits per heavy atom. The van der Waals surface area contributed by atoms with E-state index in [0.29, 0.717) is 17.9 Å². The van der Waals surface area contributed by atoms with Crippen LogP contribution in [0.25, 0.3) is 0 Å². The van der Waals surface area contributed by atoms with Crippen LogP contribution in [0.1, 0.15) is 32.1 Å². The Morgan fingerprint density at radius 2 is 1.69 bits per heavy atom. The average molecular weight is 179 g/mol. The van der Waals surface area contributed by atoms with Gasteiger partial charge in [0.05, 0.1) is 0 Å². The molecular formula is C11H17NO. The number of carbonyl (C=O) groups is 1.